The Labute approximate surface area is 135 Å². The molecule has 0 bridgehead atoms. The van der Waals surface area contributed by atoms with E-state index in [0.29, 0.717) is 16.5 Å². The van der Waals surface area contributed by atoms with Gasteiger partial charge in [-0.1, -0.05) is 41.9 Å². The average molecular weight is 322 g/mol. The van der Waals surface area contributed by atoms with Crippen LogP contribution in [0.25, 0.3) is 0 Å². The smallest absolute Gasteiger partial charge is 0.254 e. The SMILES string of the molecule is CC(c1ccccc1Cl)N(C)C(=O)c1ccc(CCl)cc1. The van der Waals surface area contributed by atoms with Crippen molar-refractivity contribution < 1.29 is 4.79 Å². The van der Waals surface area contributed by atoms with Crippen molar-refractivity contribution in [2.75, 3.05) is 7.05 Å². The van der Waals surface area contributed by atoms with Crippen molar-refractivity contribution >= 4 is 29.1 Å². The summed E-state index contributed by atoms with van der Waals surface area (Å²) in [6, 6.07) is 14.8. The first kappa shape index (κ1) is 15.9. The molecule has 0 saturated heterocycles. The highest BCUT2D eigenvalue weighted by Gasteiger charge is 2.20. The Balaban J connectivity index is 2.20. The van der Waals surface area contributed by atoms with E-state index in [9.17, 15) is 4.79 Å². The quantitative estimate of drug-likeness (QED) is 0.732. The van der Waals surface area contributed by atoms with E-state index in [1.807, 2.05) is 43.3 Å². The lowest BCUT2D eigenvalue weighted by Gasteiger charge is -2.26. The maximum atomic E-state index is 12.5. The molecule has 0 aliphatic rings. The number of alkyl halides is 1. The zero-order chi connectivity index (χ0) is 15.4. The zero-order valence-electron chi connectivity index (χ0n) is 12.0. The molecule has 21 heavy (non-hydrogen) atoms. The van der Waals surface area contributed by atoms with E-state index < -0.39 is 0 Å². The normalized spacial score (nSPS) is 12.0. The number of hydrogen-bond acceptors (Lipinski definition) is 1. The molecule has 2 rings (SSSR count). The van der Waals surface area contributed by atoms with Gasteiger partial charge in [-0.05, 0) is 36.2 Å². The molecular formula is C17H17Cl2NO. The molecule has 1 amide bonds. The van der Waals surface area contributed by atoms with E-state index in [-0.39, 0.29) is 11.9 Å². The Morgan fingerprint density at radius 1 is 1.14 bits per heavy atom. The topological polar surface area (TPSA) is 20.3 Å². The fourth-order valence-corrected chi connectivity index (χ4v) is 2.61. The zero-order valence-corrected chi connectivity index (χ0v) is 13.5. The van der Waals surface area contributed by atoms with Crippen LogP contribution in [0.3, 0.4) is 0 Å². The molecule has 0 N–H and O–H groups in total. The molecule has 110 valence electrons. The van der Waals surface area contributed by atoms with Gasteiger partial charge in [0.25, 0.3) is 5.91 Å². The summed E-state index contributed by atoms with van der Waals surface area (Å²) in [6.45, 7) is 1.96. The van der Waals surface area contributed by atoms with Crippen molar-refractivity contribution in [3.05, 3.63) is 70.2 Å². The average Bonchev–Trinajstić information content (AvgIpc) is 2.53. The molecule has 0 aliphatic carbocycles. The maximum absolute atomic E-state index is 12.5. The van der Waals surface area contributed by atoms with Crippen LogP contribution >= 0.6 is 23.2 Å². The van der Waals surface area contributed by atoms with Gasteiger partial charge in [-0.25, -0.2) is 0 Å². The largest absolute Gasteiger partial charge is 0.335 e. The molecule has 1 atom stereocenters. The number of nitrogens with zero attached hydrogens (tertiary/aromatic N) is 1. The van der Waals surface area contributed by atoms with Gasteiger partial charge in [0.2, 0.25) is 0 Å². The van der Waals surface area contributed by atoms with Gasteiger partial charge < -0.3 is 4.90 Å². The van der Waals surface area contributed by atoms with Crippen LogP contribution < -0.4 is 0 Å². The standard InChI is InChI=1S/C17H17Cl2NO/c1-12(15-5-3-4-6-16(15)19)20(2)17(21)14-9-7-13(11-18)8-10-14/h3-10,12H,11H2,1-2H3. The van der Waals surface area contributed by atoms with Gasteiger partial charge in [0.15, 0.2) is 0 Å². The lowest BCUT2D eigenvalue weighted by Crippen LogP contribution is -2.29. The summed E-state index contributed by atoms with van der Waals surface area (Å²) in [5.74, 6) is 0.406. The van der Waals surface area contributed by atoms with Gasteiger partial charge in [0, 0.05) is 23.5 Å². The molecule has 0 aromatic heterocycles. The Kier molecular flexibility index (Phi) is 5.27. The first-order chi connectivity index (χ1) is 10.0. The molecule has 0 aliphatic heterocycles. The molecule has 2 aromatic carbocycles. The minimum Gasteiger partial charge on any atom is -0.335 e. The third-order valence-corrected chi connectivity index (χ3v) is 4.26. The van der Waals surface area contributed by atoms with Crippen LogP contribution in [-0.2, 0) is 5.88 Å². The van der Waals surface area contributed by atoms with Gasteiger partial charge >= 0.3 is 0 Å². The fourth-order valence-electron chi connectivity index (χ4n) is 2.14. The second kappa shape index (κ2) is 6.97. The lowest BCUT2D eigenvalue weighted by atomic mass is 10.1. The summed E-state index contributed by atoms with van der Waals surface area (Å²) in [4.78, 5) is 14.2. The lowest BCUT2D eigenvalue weighted by molar-refractivity contribution is 0.0742. The van der Waals surface area contributed by atoms with Gasteiger partial charge in [-0.15, -0.1) is 11.6 Å². The Hall–Kier alpha value is -1.51. The molecule has 2 aromatic rings. The van der Waals surface area contributed by atoms with Crippen molar-refractivity contribution in [1.82, 2.24) is 4.90 Å². The van der Waals surface area contributed by atoms with Crippen LogP contribution in [0.2, 0.25) is 5.02 Å². The van der Waals surface area contributed by atoms with E-state index in [2.05, 4.69) is 0 Å². The summed E-state index contributed by atoms with van der Waals surface area (Å²) in [6.07, 6.45) is 0. The third kappa shape index (κ3) is 3.58. The van der Waals surface area contributed by atoms with Crippen LogP contribution in [0.1, 0.15) is 34.5 Å². The van der Waals surface area contributed by atoms with Crippen molar-refractivity contribution in [3.8, 4) is 0 Å². The predicted octanol–water partition coefficient (Wildman–Crippen LogP) is 4.91. The van der Waals surface area contributed by atoms with Crippen LogP contribution in [0, 0.1) is 0 Å². The molecule has 1 unspecified atom stereocenters. The maximum Gasteiger partial charge on any atom is 0.254 e. The second-order valence-corrected chi connectivity index (χ2v) is 5.62. The monoisotopic (exact) mass is 321 g/mol. The minimum absolute atomic E-state index is 0.0384. The van der Waals surface area contributed by atoms with Gasteiger partial charge in [0.1, 0.15) is 0 Å². The van der Waals surface area contributed by atoms with E-state index in [4.69, 9.17) is 23.2 Å². The molecule has 4 heteroatoms. The highest BCUT2D eigenvalue weighted by Crippen LogP contribution is 2.27. The number of amides is 1. The van der Waals surface area contributed by atoms with Gasteiger partial charge in [0.05, 0.1) is 6.04 Å². The first-order valence-electron chi connectivity index (χ1n) is 6.71. The minimum atomic E-state index is -0.0982. The molecule has 0 saturated carbocycles. The predicted molar refractivity (Wildman–Crippen MR) is 88.0 cm³/mol. The van der Waals surface area contributed by atoms with E-state index in [0.717, 1.165) is 11.1 Å². The van der Waals surface area contributed by atoms with Crippen LogP contribution in [0.5, 0.6) is 0 Å². The van der Waals surface area contributed by atoms with Crippen LogP contribution in [0.4, 0.5) is 0 Å². The number of hydrogen-bond donors (Lipinski definition) is 0. The Bertz CT molecular complexity index is 625. The number of carbonyl (C=O) groups is 1. The van der Waals surface area contributed by atoms with Gasteiger partial charge in [-0.3, -0.25) is 4.79 Å². The molecule has 2 nitrogen and oxygen atoms in total. The third-order valence-electron chi connectivity index (χ3n) is 3.61. The number of halogens is 2. The van der Waals surface area contributed by atoms with Crippen LogP contribution in [-0.4, -0.2) is 17.9 Å². The van der Waals surface area contributed by atoms with Crippen molar-refractivity contribution in [2.24, 2.45) is 0 Å². The summed E-state index contributed by atoms with van der Waals surface area (Å²) in [5, 5.41) is 0.669. The van der Waals surface area contributed by atoms with E-state index in [1.54, 1.807) is 24.1 Å². The highest BCUT2D eigenvalue weighted by atomic mass is 35.5. The van der Waals surface area contributed by atoms with E-state index >= 15 is 0 Å². The molecular weight excluding hydrogens is 305 g/mol. The molecule has 0 heterocycles. The number of benzene rings is 2. The molecule has 0 radical (unpaired) electrons. The second-order valence-electron chi connectivity index (χ2n) is 4.94. The Morgan fingerprint density at radius 2 is 1.76 bits per heavy atom. The van der Waals surface area contributed by atoms with Gasteiger partial charge in [-0.2, -0.15) is 0 Å². The van der Waals surface area contributed by atoms with Crippen molar-refractivity contribution in [3.63, 3.8) is 0 Å². The summed E-state index contributed by atoms with van der Waals surface area (Å²) < 4.78 is 0. The van der Waals surface area contributed by atoms with Crippen LogP contribution in [0.15, 0.2) is 48.5 Å². The highest BCUT2D eigenvalue weighted by molar-refractivity contribution is 6.31. The fraction of sp³-hybridized carbons (Fsp3) is 0.235. The van der Waals surface area contributed by atoms with E-state index in [1.165, 1.54) is 0 Å². The van der Waals surface area contributed by atoms with Crippen molar-refractivity contribution in [2.45, 2.75) is 18.8 Å². The number of rotatable bonds is 4. The molecule has 0 spiro atoms. The summed E-state index contributed by atoms with van der Waals surface area (Å²) in [5.41, 5.74) is 2.58. The Morgan fingerprint density at radius 3 is 2.33 bits per heavy atom. The number of carbonyl (C=O) groups excluding carboxylic acids is 1. The first-order valence-corrected chi connectivity index (χ1v) is 7.62. The summed E-state index contributed by atoms with van der Waals surface area (Å²) in [7, 11) is 1.78. The molecule has 0 fully saturated rings. The summed E-state index contributed by atoms with van der Waals surface area (Å²) >= 11 is 12.0. The van der Waals surface area contributed by atoms with Crippen molar-refractivity contribution in [1.29, 1.82) is 0 Å².